The number of hydrogen-bond acceptors (Lipinski definition) is 8. The van der Waals surface area contributed by atoms with Crippen LogP contribution in [0.15, 0.2) is 89.5 Å². The molecule has 3 aromatic rings. The lowest BCUT2D eigenvalue weighted by Crippen LogP contribution is -2.30. The summed E-state index contributed by atoms with van der Waals surface area (Å²) in [4.78, 5) is 60.6. The summed E-state index contributed by atoms with van der Waals surface area (Å²) in [5.41, 5.74) is 1.02. The molecular formula is C28H25N3O7S. The van der Waals surface area contributed by atoms with Gasteiger partial charge in [-0.1, -0.05) is 24.3 Å². The first kappa shape index (κ1) is 28.8. The van der Waals surface area contributed by atoms with Crippen LogP contribution in [0.4, 0.5) is 11.4 Å². The first-order valence-electron chi connectivity index (χ1n) is 11.8. The molecule has 10 nitrogen and oxygen atoms in total. The first-order valence-corrected chi connectivity index (χ1v) is 12.8. The van der Waals surface area contributed by atoms with E-state index in [1.807, 2.05) is 0 Å². The molecule has 39 heavy (non-hydrogen) atoms. The Labute approximate surface area is 228 Å². The summed E-state index contributed by atoms with van der Waals surface area (Å²) < 4.78 is 4.78. The van der Waals surface area contributed by atoms with Crippen molar-refractivity contribution in [1.29, 1.82) is 0 Å². The van der Waals surface area contributed by atoms with Crippen molar-refractivity contribution in [1.82, 2.24) is 5.32 Å². The molecule has 0 radical (unpaired) electrons. The van der Waals surface area contributed by atoms with E-state index in [0.717, 1.165) is 0 Å². The molecule has 0 unspecified atom stereocenters. The van der Waals surface area contributed by atoms with E-state index in [9.17, 15) is 29.3 Å². The molecule has 0 heterocycles. The minimum absolute atomic E-state index is 0.0502. The molecule has 11 heteroatoms. The van der Waals surface area contributed by atoms with Gasteiger partial charge in [0.15, 0.2) is 5.78 Å². The van der Waals surface area contributed by atoms with E-state index < -0.39 is 22.7 Å². The van der Waals surface area contributed by atoms with Gasteiger partial charge in [-0.15, -0.1) is 11.8 Å². The number of thioether (sulfide) groups is 1. The molecule has 0 saturated heterocycles. The van der Waals surface area contributed by atoms with Gasteiger partial charge in [0.2, 0.25) is 0 Å². The SMILES string of the molecule is CCOC(=O)CC(=O)CSc1cccc(NC(=O)/C(=C\c2ccc([N+](=O)[O-])cc2)NC(=O)c2ccccc2)c1. The standard InChI is InChI=1S/C28H25N3O7S/c1-2-38-26(33)17-23(32)18-39-24-10-6-9-21(16-24)29-28(35)25(30-27(34)20-7-4-3-5-8-20)15-19-11-13-22(14-12-19)31(36)37/h3-16H,2,17-18H2,1H3,(H,29,35)(H,30,34)/b25-15+. The third-order valence-electron chi connectivity index (χ3n) is 5.08. The summed E-state index contributed by atoms with van der Waals surface area (Å²) in [6.45, 7) is 1.87. The monoisotopic (exact) mass is 547 g/mol. The number of nitrogens with one attached hydrogen (secondary N) is 2. The van der Waals surface area contributed by atoms with Crippen molar-refractivity contribution < 1.29 is 28.8 Å². The van der Waals surface area contributed by atoms with Crippen LogP contribution in [0.3, 0.4) is 0 Å². The lowest BCUT2D eigenvalue weighted by atomic mass is 10.1. The summed E-state index contributed by atoms with van der Waals surface area (Å²) in [6.07, 6.45) is 1.10. The number of hydrogen-bond donors (Lipinski definition) is 2. The quantitative estimate of drug-likeness (QED) is 0.0835. The lowest BCUT2D eigenvalue weighted by molar-refractivity contribution is -0.384. The van der Waals surface area contributed by atoms with Gasteiger partial charge in [-0.3, -0.25) is 29.3 Å². The van der Waals surface area contributed by atoms with E-state index >= 15 is 0 Å². The Kier molecular flexibility index (Phi) is 10.5. The summed E-state index contributed by atoms with van der Waals surface area (Å²) in [6, 6.07) is 20.6. The Morgan fingerprint density at radius 3 is 2.36 bits per heavy atom. The molecule has 0 aromatic heterocycles. The summed E-state index contributed by atoms with van der Waals surface area (Å²) in [7, 11) is 0. The van der Waals surface area contributed by atoms with Crippen molar-refractivity contribution in [3.05, 3.63) is 106 Å². The van der Waals surface area contributed by atoms with Crippen molar-refractivity contribution in [2.75, 3.05) is 17.7 Å². The maximum Gasteiger partial charge on any atom is 0.313 e. The molecule has 200 valence electrons. The van der Waals surface area contributed by atoms with Crippen LogP contribution in [-0.4, -0.2) is 40.8 Å². The van der Waals surface area contributed by atoms with E-state index in [1.54, 1.807) is 61.5 Å². The second-order valence-electron chi connectivity index (χ2n) is 8.02. The number of nitro benzene ring substituents is 1. The molecule has 0 aliphatic rings. The number of esters is 1. The van der Waals surface area contributed by atoms with Gasteiger partial charge in [-0.2, -0.15) is 0 Å². The van der Waals surface area contributed by atoms with Crippen molar-refractivity contribution in [2.24, 2.45) is 0 Å². The number of benzene rings is 3. The fraction of sp³-hybridized carbons (Fsp3) is 0.143. The molecule has 2 N–H and O–H groups in total. The lowest BCUT2D eigenvalue weighted by Gasteiger charge is -2.12. The number of non-ortho nitro benzene ring substituents is 1. The predicted octanol–water partition coefficient (Wildman–Crippen LogP) is 4.62. The van der Waals surface area contributed by atoms with E-state index in [4.69, 9.17) is 4.74 Å². The van der Waals surface area contributed by atoms with Gasteiger partial charge in [0, 0.05) is 28.3 Å². The third-order valence-corrected chi connectivity index (χ3v) is 6.14. The van der Waals surface area contributed by atoms with Gasteiger partial charge in [-0.25, -0.2) is 0 Å². The van der Waals surface area contributed by atoms with Crippen molar-refractivity contribution in [3.8, 4) is 0 Å². The van der Waals surface area contributed by atoms with Gasteiger partial charge >= 0.3 is 5.97 Å². The fourth-order valence-corrected chi connectivity index (χ4v) is 4.07. The first-order chi connectivity index (χ1) is 18.7. The summed E-state index contributed by atoms with van der Waals surface area (Å²) in [5.74, 6) is -1.95. The molecule has 0 saturated carbocycles. The number of nitrogens with zero attached hydrogens (tertiary/aromatic N) is 1. The van der Waals surface area contributed by atoms with Gasteiger partial charge < -0.3 is 15.4 Å². The molecule has 0 bridgehead atoms. The molecule has 0 aliphatic heterocycles. The van der Waals surface area contributed by atoms with Crippen LogP contribution in [0.25, 0.3) is 6.08 Å². The summed E-state index contributed by atoms with van der Waals surface area (Å²) >= 11 is 1.20. The van der Waals surface area contributed by atoms with Gasteiger partial charge in [-0.05, 0) is 61.0 Å². The van der Waals surface area contributed by atoms with Crippen LogP contribution >= 0.6 is 11.8 Å². The third kappa shape index (κ3) is 9.24. The number of anilines is 1. The minimum Gasteiger partial charge on any atom is -0.466 e. The van der Waals surface area contributed by atoms with E-state index in [-0.39, 0.29) is 35.9 Å². The number of carbonyl (C=O) groups is 4. The Morgan fingerprint density at radius 1 is 0.974 bits per heavy atom. The van der Waals surface area contributed by atoms with Crippen LogP contribution in [0.1, 0.15) is 29.3 Å². The van der Waals surface area contributed by atoms with Gasteiger partial charge in [0.25, 0.3) is 17.5 Å². The van der Waals surface area contributed by atoms with E-state index in [1.165, 1.54) is 42.1 Å². The number of amides is 2. The number of ether oxygens (including phenoxy) is 1. The van der Waals surface area contributed by atoms with Crippen LogP contribution in [-0.2, 0) is 19.1 Å². The van der Waals surface area contributed by atoms with Crippen LogP contribution < -0.4 is 10.6 Å². The molecule has 0 atom stereocenters. The molecular weight excluding hydrogens is 522 g/mol. The predicted molar refractivity (Wildman–Crippen MR) is 147 cm³/mol. The van der Waals surface area contributed by atoms with Crippen molar-refractivity contribution in [2.45, 2.75) is 18.2 Å². The van der Waals surface area contributed by atoms with Crippen molar-refractivity contribution in [3.63, 3.8) is 0 Å². The zero-order valence-electron chi connectivity index (χ0n) is 20.9. The molecule has 0 fully saturated rings. The second-order valence-corrected chi connectivity index (χ2v) is 9.07. The molecule has 3 aromatic carbocycles. The number of ketones is 1. The highest BCUT2D eigenvalue weighted by molar-refractivity contribution is 8.00. The molecule has 3 rings (SSSR count). The smallest absolute Gasteiger partial charge is 0.313 e. The van der Waals surface area contributed by atoms with E-state index in [2.05, 4.69) is 10.6 Å². The van der Waals surface area contributed by atoms with Crippen LogP contribution in [0, 0.1) is 10.1 Å². The highest BCUT2D eigenvalue weighted by Crippen LogP contribution is 2.23. The average molecular weight is 548 g/mol. The average Bonchev–Trinajstić information content (AvgIpc) is 2.92. The molecule has 2 amide bonds. The Morgan fingerprint density at radius 2 is 1.69 bits per heavy atom. The Bertz CT molecular complexity index is 1390. The molecule has 0 spiro atoms. The van der Waals surface area contributed by atoms with Crippen LogP contribution in [0.2, 0.25) is 0 Å². The zero-order chi connectivity index (χ0) is 28.2. The number of rotatable bonds is 12. The Balaban J connectivity index is 1.76. The minimum atomic E-state index is -0.627. The topological polar surface area (TPSA) is 145 Å². The van der Waals surface area contributed by atoms with E-state index in [0.29, 0.717) is 21.7 Å². The Hall–Kier alpha value is -4.77. The number of carbonyl (C=O) groups excluding carboxylic acids is 4. The normalized spacial score (nSPS) is 10.8. The summed E-state index contributed by atoms with van der Waals surface area (Å²) in [5, 5.41) is 16.3. The van der Waals surface area contributed by atoms with Crippen LogP contribution in [0.5, 0.6) is 0 Å². The fourth-order valence-electron chi connectivity index (χ4n) is 3.25. The number of Topliss-reactive ketones (excluding diaryl/α,β-unsaturated/α-hetero) is 1. The van der Waals surface area contributed by atoms with Crippen molar-refractivity contribution >= 4 is 52.8 Å². The molecule has 0 aliphatic carbocycles. The zero-order valence-corrected chi connectivity index (χ0v) is 21.7. The highest BCUT2D eigenvalue weighted by Gasteiger charge is 2.16. The maximum absolute atomic E-state index is 13.2. The largest absolute Gasteiger partial charge is 0.466 e. The second kappa shape index (κ2) is 14.2. The highest BCUT2D eigenvalue weighted by atomic mass is 32.2. The van der Waals surface area contributed by atoms with Gasteiger partial charge in [0.1, 0.15) is 12.1 Å². The maximum atomic E-state index is 13.2. The van der Waals surface area contributed by atoms with Gasteiger partial charge in [0.05, 0.1) is 17.3 Å². The number of nitro groups is 1.